The van der Waals surface area contributed by atoms with Gasteiger partial charge in [0.05, 0.1) is 6.10 Å². The molecule has 2 fully saturated rings. The molecule has 0 aromatic carbocycles. The third kappa shape index (κ3) is 4.49. The van der Waals surface area contributed by atoms with E-state index in [2.05, 4.69) is 27.8 Å². The highest BCUT2D eigenvalue weighted by Gasteiger charge is 2.56. The van der Waals surface area contributed by atoms with Gasteiger partial charge in [-0.25, -0.2) is 4.99 Å². The maximum Gasteiger partial charge on any atom is 0.191 e. The fourth-order valence-corrected chi connectivity index (χ4v) is 4.57. The Morgan fingerprint density at radius 3 is 2.75 bits per heavy atom. The molecule has 8 heteroatoms. The first-order valence-corrected chi connectivity index (χ1v) is 10.6. The number of methoxy groups -OCH3 is 1. The van der Waals surface area contributed by atoms with E-state index >= 15 is 0 Å². The first-order chi connectivity index (χ1) is 13.6. The summed E-state index contributed by atoms with van der Waals surface area (Å²) in [7, 11) is 3.71. The Balaban J connectivity index is 1.66. The first kappa shape index (κ1) is 21.0. The zero-order valence-electron chi connectivity index (χ0n) is 17.8. The van der Waals surface area contributed by atoms with E-state index in [9.17, 15) is 0 Å². The summed E-state index contributed by atoms with van der Waals surface area (Å²) in [6.45, 7) is 6.91. The smallest absolute Gasteiger partial charge is 0.191 e. The van der Waals surface area contributed by atoms with E-state index < -0.39 is 0 Å². The molecule has 0 amide bonds. The predicted octanol–water partition coefficient (Wildman–Crippen LogP) is 1.93. The standard InChI is InChI=1S/C20H36N6O2/c1-5-28-17-13-16(20(17)9-6-7-10-20)23-19(21-11-8-12-27-4)22-14-18-25-24-15(2)26(18)3/h16-17H,5-14H2,1-4H3,(H2,21,22,23). The van der Waals surface area contributed by atoms with Gasteiger partial charge in [-0.2, -0.15) is 0 Å². The molecule has 0 bridgehead atoms. The number of rotatable bonds is 9. The lowest BCUT2D eigenvalue weighted by molar-refractivity contribution is -0.125. The van der Waals surface area contributed by atoms with Gasteiger partial charge in [0, 0.05) is 45.4 Å². The van der Waals surface area contributed by atoms with Crippen molar-refractivity contribution in [1.29, 1.82) is 0 Å². The van der Waals surface area contributed by atoms with Gasteiger partial charge in [0.15, 0.2) is 11.8 Å². The van der Waals surface area contributed by atoms with Gasteiger partial charge < -0.3 is 24.7 Å². The Kier molecular flexibility index (Phi) is 7.29. The maximum absolute atomic E-state index is 6.05. The summed E-state index contributed by atoms with van der Waals surface area (Å²) in [4.78, 5) is 4.80. The van der Waals surface area contributed by atoms with E-state index in [1.807, 2.05) is 18.5 Å². The highest BCUT2D eigenvalue weighted by atomic mass is 16.5. The lowest BCUT2D eigenvalue weighted by Gasteiger charge is -2.54. The van der Waals surface area contributed by atoms with Crippen LogP contribution in [-0.2, 0) is 23.1 Å². The Labute approximate surface area is 168 Å². The van der Waals surface area contributed by atoms with E-state index in [0.717, 1.165) is 50.2 Å². The zero-order valence-corrected chi connectivity index (χ0v) is 17.8. The van der Waals surface area contributed by atoms with Crippen LogP contribution < -0.4 is 10.6 Å². The van der Waals surface area contributed by atoms with E-state index in [-0.39, 0.29) is 5.41 Å². The summed E-state index contributed by atoms with van der Waals surface area (Å²) < 4.78 is 13.2. The minimum atomic E-state index is 0.270. The normalized spacial score (nSPS) is 23.8. The molecule has 2 atom stereocenters. The summed E-state index contributed by atoms with van der Waals surface area (Å²) in [5, 5.41) is 15.5. The molecule has 8 nitrogen and oxygen atoms in total. The third-order valence-corrected chi connectivity index (χ3v) is 6.38. The number of aliphatic imine (C=N–C) groups is 1. The summed E-state index contributed by atoms with van der Waals surface area (Å²) in [5.41, 5.74) is 0.270. The van der Waals surface area contributed by atoms with Crippen molar-refractivity contribution in [3.63, 3.8) is 0 Å². The molecule has 0 saturated heterocycles. The van der Waals surface area contributed by atoms with Crippen LogP contribution in [0.1, 0.15) is 57.1 Å². The number of guanidine groups is 1. The number of ether oxygens (including phenoxy) is 2. The van der Waals surface area contributed by atoms with Gasteiger partial charge in [-0.1, -0.05) is 12.8 Å². The third-order valence-electron chi connectivity index (χ3n) is 6.38. The van der Waals surface area contributed by atoms with Crippen LogP contribution in [0.4, 0.5) is 0 Å². The number of hydrogen-bond donors (Lipinski definition) is 2. The highest BCUT2D eigenvalue weighted by molar-refractivity contribution is 5.80. The van der Waals surface area contributed by atoms with Gasteiger partial charge in [0.1, 0.15) is 12.4 Å². The van der Waals surface area contributed by atoms with Crippen LogP contribution in [-0.4, -0.2) is 59.7 Å². The summed E-state index contributed by atoms with van der Waals surface area (Å²) in [5.74, 6) is 2.62. The first-order valence-electron chi connectivity index (χ1n) is 10.6. The second-order valence-corrected chi connectivity index (χ2v) is 7.98. The predicted molar refractivity (Wildman–Crippen MR) is 109 cm³/mol. The zero-order chi connectivity index (χ0) is 20.0. The van der Waals surface area contributed by atoms with Crippen LogP contribution in [0.2, 0.25) is 0 Å². The van der Waals surface area contributed by atoms with Gasteiger partial charge in [-0.05, 0) is 39.5 Å². The molecule has 2 saturated carbocycles. The Hall–Kier alpha value is -1.67. The largest absolute Gasteiger partial charge is 0.385 e. The fraction of sp³-hybridized carbons (Fsp3) is 0.850. The van der Waals surface area contributed by atoms with Crippen molar-refractivity contribution in [3.05, 3.63) is 11.6 Å². The fourth-order valence-electron chi connectivity index (χ4n) is 4.57. The minimum Gasteiger partial charge on any atom is -0.385 e. The number of hydrogen-bond acceptors (Lipinski definition) is 5. The number of aryl methyl sites for hydroxylation is 1. The van der Waals surface area contributed by atoms with Gasteiger partial charge in [-0.3, -0.25) is 0 Å². The lowest BCUT2D eigenvalue weighted by Crippen LogP contribution is -2.65. The molecule has 1 aromatic heterocycles. The minimum absolute atomic E-state index is 0.270. The summed E-state index contributed by atoms with van der Waals surface area (Å²) in [6.07, 6.45) is 7.46. The van der Waals surface area contributed by atoms with Crippen molar-refractivity contribution < 1.29 is 9.47 Å². The van der Waals surface area contributed by atoms with Gasteiger partial charge in [0.2, 0.25) is 0 Å². The van der Waals surface area contributed by atoms with E-state index in [1.54, 1.807) is 7.11 Å². The Morgan fingerprint density at radius 2 is 2.11 bits per heavy atom. The van der Waals surface area contributed by atoms with Gasteiger partial charge in [-0.15, -0.1) is 10.2 Å². The van der Waals surface area contributed by atoms with Crippen LogP contribution in [0, 0.1) is 12.3 Å². The molecule has 2 aliphatic carbocycles. The molecule has 2 N–H and O–H groups in total. The van der Waals surface area contributed by atoms with E-state index in [1.165, 1.54) is 25.7 Å². The molecule has 1 spiro atoms. The van der Waals surface area contributed by atoms with Gasteiger partial charge >= 0.3 is 0 Å². The van der Waals surface area contributed by atoms with Crippen LogP contribution in [0.15, 0.2) is 4.99 Å². The molecule has 1 heterocycles. The van der Waals surface area contributed by atoms with Crippen LogP contribution in [0.3, 0.4) is 0 Å². The molecular formula is C20H36N6O2. The van der Waals surface area contributed by atoms with E-state index in [0.29, 0.717) is 18.7 Å². The van der Waals surface area contributed by atoms with Crippen molar-refractivity contribution in [3.8, 4) is 0 Å². The molecule has 0 aliphatic heterocycles. The van der Waals surface area contributed by atoms with E-state index in [4.69, 9.17) is 14.5 Å². The molecule has 28 heavy (non-hydrogen) atoms. The molecule has 1 aromatic rings. The Bertz CT molecular complexity index is 653. The highest BCUT2D eigenvalue weighted by Crippen LogP contribution is 2.54. The summed E-state index contributed by atoms with van der Waals surface area (Å²) in [6, 6.07) is 0.418. The van der Waals surface area contributed by atoms with Crippen molar-refractivity contribution in [2.75, 3.05) is 26.9 Å². The average Bonchev–Trinajstić information content (AvgIpc) is 3.32. The Morgan fingerprint density at radius 1 is 1.32 bits per heavy atom. The lowest BCUT2D eigenvalue weighted by atomic mass is 9.60. The average molecular weight is 393 g/mol. The van der Waals surface area contributed by atoms with Crippen LogP contribution >= 0.6 is 0 Å². The van der Waals surface area contributed by atoms with Crippen molar-refractivity contribution >= 4 is 5.96 Å². The van der Waals surface area contributed by atoms with Crippen LogP contribution in [0.5, 0.6) is 0 Å². The second kappa shape index (κ2) is 9.69. The molecule has 2 aliphatic rings. The second-order valence-electron chi connectivity index (χ2n) is 7.98. The van der Waals surface area contributed by atoms with Crippen LogP contribution in [0.25, 0.3) is 0 Å². The monoisotopic (exact) mass is 392 g/mol. The number of aromatic nitrogens is 3. The number of nitrogens with zero attached hydrogens (tertiary/aromatic N) is 4. The maximum atomic E-state index is 6.05. The quantitative estimate of drug-likeness (QED) is 0.379. The van der Waals surface area contributed by atoms with Gasteiger partial charge in [0.25, 0.3) is 0 Å². The molecular weight excluding hydrogens is 356 g/mol. The van der Waals surface area contributed by atoms with Crippen molar-refractivity contribution in [2.24, 2.45) is 17.5 Å². The topological polar surface area (TPSA) is 85.6 Å². The molecule has 3 rings (SSSR count). The molecule has 158 valence electrons. The summed E-state index contributed by atoms with van der Waals surface area (Å²) >= 11 is 0. The SMILES string of the molecule is CCOC1CC(NC(=NCc2nnc(C)n2C)NCCCOC)C12CCCC2. The number of nitrogens with one attached hydrogen (secondary N) is 2. The van der Waals surface area contributed by atoms with Crippen molar-refractivity contribution in [2.45, 2.75) is 71.1 Å². The molecule has 2 unspecified atom stereocenters. The molecule has 0 radical (unpaired) electrons. The van der Waals surface area contributed by atoms with Crippen molar-refractivity contribution in [1.82, 2.24) is 25.4 Å².